The molecule has 14 heavy (non-hydrogen) atoms. The van der Waals surface area contributed by atoms with E-state index in [1.807, 2.05) is 37.3 Å². The fourth-order valence-corrected chi connectivity index (χ4v) is 1.34. The Bertz CT molecular complexity index is 319. The van der Waals surface area contributed by atoms with Crippen LogP contribution in [0, 0.1) is 0 Å². The summed E-state index contributed by atoms with van der Waals surface area (Å²) in [5, 5.41) is 12.6. The summed E-state index contributed by atoms with van der Waals surface area (Å²) < 4.78 is 0. The maximum Gasteiger partial charge on any atom is 0.0671 e. The lowest BCUT2D eigenvalue weighted by molar-refractivity contribution is 0.252. The first-order chi connectivity index (χ1) is 6.79. The van der Waals surface area contributed by atoms with Gasteiger partial charge in [0.25, 0.3) is 0 Å². The molecule has 0 fully saturated rings. The topological polar surface area (TPSA) is 69.0 Å². The zero-order valence-electron chi connectivity index (χ0n) is 8.04. The number of hydrogen-bond acceptors (Lipinski definition) is 2. The van der Waals surface area contributed by atoms with Crippen LogP contribution in [0.25, 0.3) is 10.4 Å². The Kier molecular flexibility index (Phi) is 3.98. The first-order valence-corrected chi connectivity index (χ1v) is 4.49. The van der Waals surface area contributed by atoms with E-state index in [1.165, 1.54) is 0 Å². The lowest BCUT2D eigenvalue weighted by Crippen LogP contribution is -2.17. The van der Waals surface area contributed by atoms with Crippen molar-refractivity contribution in [3.05, 3.63) is 46.3 Å². The number of nitrogens with zero attached hydrogens (tertiary/aromatic N) is 3. The molecule has 1 rings (SSSR count). The third-order valence-electron chi connectivity index (χ3n) is 2.29. The van der Waals surface area contributed by atoms with Gasteiger partial charge in [-0.2, -0.15) is 0 Å². The lowest BCUT2D eigenvalue weighted by Gasteiger charge is -2.17. The summed E-state index contributed by atoms with van der Waals surface area (Å²) in [6.45, 7) is 1.81. The van der Waals surface area contributed by atoms with Crippen molar-refractivity contribution in [2.45, 2.75) is 18.9 Å². The van der Waals surface area contributed by atoms with Crippen LogP contribution in [0.4, 0.5) is 0 Å². The van der Waals surface area contributed by atoms with E-state index >= 15 is 0 Å². The zero-order valence-corrected chi connectivity index (χ0v) is 8.04. The van der Waals surface area contributed by atoms with Crippen LogP contribution in [0.1, 0.15) is 18.4 Å². The summed E-state index contributed by atoms with van der Waals surface area (Å²) >= 11 is 0. The highest BCUT2D eigenvalue weighted by atomic mass is 16.3. The predicted octanol–water partition coefficient (Wildman–Crippen LogP) is 2.46. The molecule has 4 nitrogen and oxygen atoms in total. The van der Waals surface area contributed by atoms with Crippen LogP contribution in [0.15, 0.2) is 35.4 Å². The van der Waals surface area contributed by atoms with Crippen molar-refractivity contribution in [3.63, 3.8) is 0 Å². The second kappa shape index (κ2) is 5.27. The monoisotopic (exact) mass is 191 g/mol. The van der Waals surface area contributed by atoms with Crippen LogP contribution in [0.3, 0.4) is 0 Å². The van der Waals surface area contributed by atoms with E-state index in [0.29, 0.717) is 0 Å². The summed E-state index contributed by atoms with van der Waals surface area (Å²) in [6, 6.07) is 9.31. The van der Waals surface area contributed by atoms with Gasteiger partial charge in [-0.15, -0.1) is 0 Å². The Balaban J connectivity index is 2.82. The lowest BCUT2D eigenvalue weighted by atomic mass is 9.94. The zero-order chi connectivity index (χ0) is 10.4. The number of hydrogen-bond donors (Lipinski definition) is 1. The Morgan fingerprint density at radius 1 is 1.43 bits per heavy atom. The van der Waals surface area contributed by atoms with Gasteiger partial charge < -0.3 is 5.11 Å². The van der Waals surface area contributed by atoms with Gasteiger partial charge in [0.15, 0.2) is 0 Å². The molecule has 0 amide bonds. The molecular formula is C10H13N3O. The largest absolute Gasteiger partial charge is 0.396 e. The third kappa shape index (κ3) is 2.49. The average Bonchev–Trinajstić information content (AvgIpc) is 2.26. The Hall–Kier alpha value is -1.51. The van der Waals surface area contributed by atoms with Gasteiger partial charge in [0.05, 0.1) is 12.6 Å². The van der Waals surface area contributed by atoms with Crippen molar-refractivity contribution >= 4 is 0 Å². The van der Waals surface area contributed by atoms with E-state index in [1.54, 1.807) is 0 Å². The van der Waals surface area contributed by atoms with Crippen LogP contribution in [0.5, 0.6) is 0 Å². The molecule has 1 N–H and O–H groups in total. The summed E-state index contributed by atoms with van der Waals surface area (Å²) in [7, 11) is 0. The minimum atomic E-state index is -0.387. The van der Waals surface area contributed by atoms with E-state index in [0.717, 1.165) is 5.56 Å². The summed E-state index contributed by atoms with van der Waals surface area (Å²) in [5.74, 6) is 0.0390. The van der Waals surface area contributed by atoms with Crippen molar-refractivity contribution in [2.24, 2.45) is 5.11 Å². The molecule has 1 aromatic rings. The van der Waals surface area contributed by atoms with Gasteiger partial charge in [0, 0.05) is 4.91 Å². The van der Waals surface area contributed by atoms with Gasteiger partial charge in [-0.05, 0) is 17.0 Å². The van der Waals surface area contributed by atoms with Gasteiger partial charge in [-0.25, -0.2) is 0 Å². The number of azide groups is 1. The molecule has 0 aliphatic heterocycles. The van der Waals surface area contributed by atoms with Crippen molar-refractivity contribution in [1.82, 2.24) is 0 Å². The second-order valence-corrected chi connectivity index (χ2v) is 3.15. The predicted molar refractivity (Wildman–Crippen MR) is 54.9 cm³/mol. The highest BCUT2D eigenvalue weighted by Gasteiger charge is 2.15. The van der Waals surface area contributed by atoms with Crippen LogP contribution >= 0.6 is 0 Å². The number of aliphatic hydroxyl groups excluding tert-OH is 1. The first-order valence-electron chi connectivity index (χ1n) is 4.49. The Morgan fingerprint density at radius 2 is 2.07 bits per heavy atom. The van der Waals surface area contributed by atoms with E-state index in [-0.39, 0.29) is 18.6 Å². The van der Waals surface area contributed by atoms with Crippen molar-refractivity contribution in [1.29, 1.82) is 0 Å². The van der Waals surface area contributed by atoms with Crippen molar-refractivity contribution in [2.75, 3.05) is 6.61 Å². The van der Waals surface area contributed by atoms with Crippen LogP contribution in [-0.4, -0.2) is 17.8 Å². The molecule has 1 aromatic carbocycles. The van der Waals surface area contributed by atoms with Crippen LogP contribution in [0.2, 0.25) is 0 Å². The number of rotatable bonds is 4. The third-order valence-corrected chi connectivity index (χ3v) is 2.29. The van der Waals surface area contributed by atoms with Gasteiger partial charge in [0.1, 0.15) is 0 Å². The molecule has 0 aromatic heterocycles. The van der Waals surface area contributed by atoms with Crippen molar-refractivity contribution in [3.8, 4) is 0 Å². The first kappa shape index (κ1) is 10.6. The maximum absolute atomic E-state index is 9.02. The fourth-order valence-electron chi connectivity index (χ4n) is 1.34. The highest BCUT2D eigenvalue weighted by molar-refractivity contribution is 5.20. The standard InChI is InChI=1S/C10H13N3O/c1-8(10(7-14)12-13-11)9-5-3-2-4-6-9/h2-6,8,10,14H,7H2,1H3. The van der Waals surface area contributed by atoms with E-state index in [4.69, 9.17) is 10.6 Å². The summed E-state index contributed by atoms with van der Waals surface area (Å²) in [6.07, 6.45) is 0. The minimum absolute atomic E-state index is 0.0390. The van der Waals surface area contributed by atoms with E-state index < -0.39 is 0 Å². The summed E-state index contributed by atoms with van der Waals surface area (Å²) in [4.78, 5) is 2.72. The molecule has 0 bridgehead atoms. The van der Waals surface area contributed by atoms with Crippen LogP contribution < -0.4 is 0 Å². The molecule has 2 unspecified atom stereocenters. The quantitative estimate of drug-likeness (QED) is 0.443. The van der Waals surface area contributed by atoms with Gasteiger partial charge in [-0.1, -0.05) is 42.4 Å². The highest BCUT2D eigenvalue weighted by Crippen LogP contribution is 2.20. The van der Waals surface area contributed by atoms with Crippen molar-refractivity contribution < 1.29 is 5.11 Å². The molecule has 0 saturated heterocycles. The molecule has 4 heteroatoms. The Labute approximate surface area is 82.8 Å². The second-order valence-electron chi connectivity index (χ2n) is 3.15. The van der Waals surface area contributed by atoms with Gasteiger partial charge in [-0.3, -0.25) is 0 Å². The molecule has 0 saturated carbocycles. The van der Waals surface area contributed by atoms with Gasteiger partial charge >= 0.3 is 0 Å². The normalized spacial score (nSPS) is 14.1. The molecule has 0 aliphatic rings. The van der Waals surface area contributed by atoms with Crippen LogP contribution in [-0.2, 0) is 0 Å². The molecule has 0 heterocycles. The SMILES string of the molecule is CC(c1ccccc1)C(CO)N=[N+]=[N-]. The maximum atomic E-state index is 9.02. The van der Waals surface area contributed by atoms with E-state index in [9.17, 15) is 0 Å². The van der Waals surface area contributed by atoms with E-state index in [2.05, 4.69) is 10.0 Å². The smallest absolute Gasteiger partial charge is 0.0671 e. The molecule has 0 spiro atoms. The van der Waals surface area contributed by atoms with Gasteiger partial charge in [0.2, 0.25) is 0 Å². The Morgan fingerprint density at radius 3 is 2.57 bits per heavy atom. The fraction of sp³-hybridized carbons (Fsp3) is 0.400. The average molecular weight is 191 g/mol. The molecule has 2 atom stereocenters. The molecular weight excluding hydrogens is 178 g/mol. The number of benzene rings is 1. The number of aliphatic hydroxyl groups is 1. The molecule has 0 aliphatic carbocycles. The minimum Gasteiger partial charge on any atom is -0.396 e. The molecule has 74 valence electrons. The summed E-state index contributed by atoms with van der Waals surface area (Å²) in [5.41, 5.74) is 9.38. The molecule has 0 radical (unpaired) electrons.